The summed E-state index contributed by atoms with van der Waals surface area (Å²) < 4.78 is 15.9. The number of aliphatic hydroxyl groups is 1. The summed E-state index contributed by atoms with van der Waals surface area (Å²) in [7, 11) is 2.77. The Labute approximate surface area is 214 Å². The molecule has 1 unspecified atom stereocenters. The fraction of sp³-hybridized carbons (Fsp3) is 0.207. The van der Waals surface area contributed by atoms with Crippen LogP contribution in [0.3, 0.4) is 0 Å². The van der Waals surface area contributed by atoms with E-state index in [1.54, 1.807) is 66.7 Å². The highest BCUT2D eigenvalue weighted by molar-refractivity contribution is 6.51. The lowest BCUT2D eigenvalue weighted by molar-refractivity contribution is -0.132. The third-order valence-corrected chi connectivity index (χ3v) is 5.88. The Kier molecular flexibility index (Phi) is 7.29. The number of ether oxygens (including phenoxy) is 3. The molecule has 3 aromatic carbocycles. The van der Waals surface area contributed by atoms with Crippen molar-refractivity contribution in [3.63, 3.8) is 0 Å². The maximum absolute atomic E-state index is 13.4. The van der Waals surface area contributed by atoms with Crippen LogP contribution in [0.5, 0.6) is 11.5 Å². The van der Waals surface area contributed by atoms with Crippen LogP contribution in [0.2, 0.25) is 0 Å². The Balaban J connectivity index is 1.92. The largest absolute Gasteiger partial charge is 0.507 e. The summed E-state index contributed by atoms with van der Waals surface area (Å²) in [5.74, 6) is -1.60. The highest BCUT2D eigenvalue weighted by Crippen LogP contribution is 2.43. The van der Waals surface area contributed by atoms with Gasteiger partial charge in [0.2, 0.25) is 0 Å². The molecule has 1 saturated heterocycles. The van der Waals surface area contributed by atoms with Gasteiger partial charge in [0.1, 0.15) is 17.3 Å². The summed E-state index contributed by atoms with van der Waals surface area (Å²) in [4.78, 5) is 40.3. The topological polar surface area (TPSA) is 102 Å². The smallest absolute Gasteiger partial charge is 0.337 e. The number of hydrogen-bond acceptors (Lipinski definition) is 7. The van der Waals surface area contributed by atoms with Crippen molar-refractivity contribution >= 4 is 29.1 Å². The number of benzene rings is 3. The van der Waals surface area contributed by atoms with E-state index < -0.39 is 23.7 Å². The molecule has 0 saturated carbocycles. The molecule has 37 heavy (non-hydrogen) atoms. The van der Waals surface area contributed by atoms with Gasteiger partial charge in [-0.3, -0.25) is 14.5 Å². The quantitative estimate of drug-likeness (QED) is 0.213. The van der Waals surface area contributed by atoms with Gasteiger partial charge < -0.3 is 19.3 Å². The van der Waals surface area contributed by atoms with Gasteiger partial charge in [0, 0.05) is 11.3 Å². The van der Waals surface area contributed by atoms with Crippen molar-refractivity contribution < 1.29 is 33.7 Å². The molecule has 190 valence electrons. The second-order valence-corrected chi connectivity index (χ2v) is 8.68. The van der Waals surface area contributed by atoms with E-state index in [0.717, 1.165) is 0 Å². The molecule has 0 aliphatic carbocycles. The van der Waals surface area contributed by atoms with E-state index in [-0.39, 0.29) is 23.0 Å². The van der Waals surface area contributed by atoms with Gasteiger partial charge in [0.05, 0.1) is 37.5 Å². The van der Waals surface area contributed by atoms with Crippen molar-refractivity contribution in [1.82, 2.24) is 0 Å². The molecular formula is C29H27NO7. The molecule has 0 bridgehead atoms. The summed E-state index contributed by atoms with van der Waals surface area (Å²) >= 11 is 0. The lowest BCUT2D eigenvalue weighted by atomic mass is 9.94. The van der Waals surface area contributed by atoms with Gasteiger partial charge in [-0.05, 0) is 61.9 Å². The van der Waals surface area contributed by atoms with E-state index in [2.05, 4.69) is 0 Å². The average Bonchev–Trinajstić information content (AvgIpc) is 3.17. The maximum atomic E-state index is 13.4. The average molecular weight is 502 g/mol. The molecule has 0 aromatic heterocycles. The fourth-order valence-electron chi connectivity index (χ4n) is 4.27. The second kappa shape index (κ2) is 10.6. The number of amides is 1. The van der Waals surface area contributed by atoms with Crippen molar-refractivity contribution in [2.75, 3.05) is 19.1 Å². The Morgan fingerprint density at radius 1 is 0.892 bits per heavy atom. The van der Waals surface area contributed by atoms with Crippen LogP contribution in [-0.4, -0.2) is 43.1 Å². The van der Waals surface area contributed by atoms with Crippen LogP contribution >= 0.6 is 0 Å². The third-order valence-electron chi connectivity index (χ3n) is 5.88. The van der Waals surface area contributed by atoms with Crippen LogP contribution in [-0.2, 0) is 14.3 Å². The Morgan fingerprint density at radius 2 is 1.57 bits per heavy atom. The minimum absolute atomic E-state index is 0.0941. The second-order valence-electron chi connectivity index (χ2n) is 8.68. The molecule has 1 N–H and O–H groups in total. The monoisotopic (exact) mass is 501 g/mol. The van der Waals surface area contributed by atoms with E-state index in [0.29, 0.717) is 28.3 Å². The van der Waals surface area contributed by atoms with Crippen LogP contribution in [0.1, 0.15) is 41.4 Å². The van der Waals surface area contributed by atoms with Crippen LogP contribution in [0, 0.1) is 0 Å². The number of carbonyl (C=O) groups is 3. The molecule has 1 amide bonds. The van der Waals surface area contributed by atoms with E-state index >= 15 is 0 Å². The number of ketones is 1. The molecule has 1 fully saturated rings. The van der Waals surface area contributed by atoms with E-state index in [9.17, 15) is 19.5 Å². The van der Waals surface area contributed by atoms with E-state index in [1.807, 2.05) is 13.8 Å². The first-order valence-electron chi connectivity index (χ1n) is 11.7. The standard InChI is InChI=1S/C29H27NO7/c1-17(2)37-23-13-7-9-19(16-23)26(31)24-25(18-8-6-12-22(15-18)35-3)30(28(33)27(24)32)21-11-5-10-20(14-21)29(34)36-4/h5-17,25,31H,1-4H3/b26-24+. The van der Waals surface area contributed by atoms with Gasteiger partial charge in [-0.2, -0.15) is 0 Å². The first-order chi connectivity index (χ1) is 17.7. The molecule has 4 rings (SSSR count). The summed E-state index contributed by atoms with van der Waals surface area (Å²) in [6.45, 7) is 3.76. The normalized spacial score (nSPS) is 16.7. The molecule has 1 heterocycles. The first kappa shape index (κ1) is 25.5. The highest BCUT2D eigenvalue weighted by Gasteiger charge is 2.47. The SMILES string of the molecule is COC(=O)c1cccc(N2C(=O)C(=O)/C(=C(/O)c3cccc(OC(C)C)c3)C2c2cccc(OC)c2)c1. The summed E-state index contributed by atoms with van der Waals surface area (Å²) in [5, 5.41) is 11.4. The summed E-state index contributed by atoms with van der Waals surface area (Å²) in [6.07, 6.45) is -0.0955. The van der Waals surface area contributed by atoms with Gasteiger partial charge in [0.25, 0.3) is 11.7 Å². The lowest BCUT2D eigenvalue weighted by Gasteiger charge is -2.26. The number of rotatable bonds is 7. The molecule has 8 nitrogen and oxygen atoms in total. The Morgan fingerprint density at radius 3 is 2.27 bits per heavy atom. The van der Waals surface area contributed by atoms with E-state index in [4.69, 9.17) is 14.2 Å². The zero-order valence-electron chi connectivity index (χ0n) is 20.9. The number of carbonyl (C=O) groups excluding carboxylic acids is 3. The van der Waals surface area contributed by atoms with Gasteiger partial charge in [-0.15, -0.1) is 0 Å². The molecule has 0 radical (unpaired) electrons. The van der Waals surface area contributed by atoms with Gasteiger partial charge in [-0.25, -0.2) is 4.79 Å². The first-order valence-corrected chi connectivity index (χ1v) is 11.7. The number of aliphatic hydroxyl groups excluding tert-OH is 1. The highest BCUT2D eigenvalue weighted by atomic mass is 16.5. The van der Waals surface area contributed by atoms with Crippen LogP contribution in [0.15, 0.2) is 78.4 Å². The molecule has 8 heteroatoms. The molecule has 1 atom stereocenters. The van der Waals surface area contributed by atoms with Crippen molar-refractivity contribution in [1.29, 1.82) is 0 Å². The molecule has 0 spiro atoms. The lowest BCUT2D eigenvalue weighted by Crippen LogP contribution is -2.29. The predicted octanol–water partition coefficient (Wildman–Crippen LogP) is 4.90. The number of Topliss-reactive ketones (excluding diaryl/α,β-unsaturated/α-hetero) is 1. The summed E-state index contributed by atoms with van der Waals surface area (Å²) in [6, 6.07) is 18.8. The zero-order valence-corrected chi connectivity index (χ0v) is 20.9. The van der Waals surface area contributed by atoms with E-state index in [1.165, 1.54) is 25.2 Å². The van der Waals surface area contributed by atoms with Crippen LogP contribution in [0.4, 0.5) is 5.69 Å². The van der Waals surface area contributed by atoms with Gasteiger partial charge in [0.15, 0.2) is 0 Å². The minimum atomic E-state index is -0.988. The maximum Gasteiger partial charge on any atom is 0.337 e. The van der Waals surface area contributed by atoms with Crippen molar-refractivity contribution in [2.45, 2.75) is 26.0 Å². The number of nitrogens with zero attached hydrogens (tertiary/aromatic N) is 1. The number of hydrogen-bond donors (Lipinski definition) is 1. The zero-order chi connectivity index (χ0) is 26.7. The molecular weight excluding hydrogens is 474 g/mol. The van der Waals surface area contributed by atoms with Crippen LogP contribution < -0.4 is 14.4 Å². The van der Waals surface area contributed by atoms with Gasteiger partial charge >= 0.3 is 5.97 Å². The molecule has 1 aliphatic rings. The van der Waals surface area contributed by atoms with Crippen molar-refractivity contribution in [3.8, 4) is 11.5 Å². The predicted molar refractivity (Wildman–Crippen MR) is 138 cm³/mol. The Bertz CT molecular complexity index is 1390. The third kappa shape index (κ3) is 5.04. The number of methoxy groups -OCH3 is 2. The molecule has 1 aliphatic heterocycles. The van der Waals surface area contributed by atoms with Crippen molar-refractivity contribution in [2.24, 2.45) is 0 Å². The number of esters is 1. The van der Waals surface area contributed by atoms with Gasteiger partial charge in [-0.1, -0.05) is 30.3 Å². The van der Waals surface area contributed by atoms with Crippen LogP contribution in [0.25, 0.3) is 5.76 Å². The van der Waals surface area contributed by atoms with Crippen molar-refractivity contribution in [3.05, 3.63) is 95.1 Å². The summed E-state index contributed by atoms with van der Waals surface area (Å²) in [5.41, 5.74) is 1.28. The molecule has 3 aromatic rings. The fourth-order valence-corrected chi connectivity index (χ4v) is 4.27. The Hall–Kier alpha value is -4.59. The number of anilines is 1. The minimum Gasteiger partial charge on any atom is -0.507 e.